The van der Waals surface area contributed by atoms with Crippen molar-refractivity contribution >= 4 is 46.9 Å². The van der Waals surface area contributed by atoms with E-state index in [1.165, 1.54) is 37.6 Å². The molecule has 0 fully saturated rings. The number of hydrogen-bond donors (Lipinski definition) is 2. The topological polar surface area (TPSA) is 113 Å². The van der Waals surface area contributed by atoms with Crippen LogP contribution in [0.5, 0.6) is 11.5 Å². The van der Waals surface area contributed by atoms with Crippen LogP contribution in [0.25, 0.3) is 0 Å². The summed E-state index contributed by atoms with van der Waals surface area (Å²) in [6.07, 6.45) is 1.35. The van der Waals surface area contributed by atoms with Gasteiger partial charge in [-0.15, -0.1) is 0 Å². The smallest absolute Gasteiger partial charge is 0.329 e. The number of nitrogens with one attached hydrogen (secondary N) is 2. The molecule has 0 spiro atoms. The van der Waals surface area contributed by atoms with Crippen molar-refractivity contribution in [1.29, 1.82) is 5.26 Å². The van der Waals surface area contributed by atoms with E-state index in [1.807, 2.05) is 6.07 Å². The van der Waals surface area contributed by atoms with E-state index >= 15 is 0 Å². The zero-order valence-corrected chi connectivity index (χ0v) is 19.4. The summed E-state index contributed by atoms with van der Waals surface area (Å²) in [7, 11) is 1.49. The van der Waals surface area contributed by atoms with E-state index in [9.17, 15) is 9.59 Å². The predicted molar refractivity (Wildman–Crippen MR) is 129 cm³/mol. The monoisotopic (exact) mass is 496 g/mol. The molecule has 2 N–H and O–H groups in total. The predicted octanol–water partition coefficient (Wildman–Crippen LogP) is 4.54. The highest BCUT2D eigenvalue weighted by atomic mass is 35.5. The van der Waals surface area contributed by atoms with Gasteiger partial charge in [-0.1, -0.05) is 29.3 Å². The molecule has 0 bridgehead atoms. The summed E-state index contributed by atoms with van der Waals surface area (Å²) in [6, 6.07) is 18.3. The molecular formula is C24H18Cl2N4O4. The Hall–Kier alpha value is -4.06. The van der Waals surface area contributed by atoms with Gasteiger partial charge in [0, 0.05) is 21.3 Å². The minimum atomic E-state index is -0.954. The Morgan fingerprint density at radius 3 is 2.38 bits per heavy atom. The lowest BCUT2D eigenvalue weighted by Gasteiger charge is -2.13. The van der Waals surface area contributed by atoms with Crippen molar-refractivity contribution in [1.82, 2.24) is 5.43 Å². The van der Waals surface area contributed by atoms with Gasteiger partial charge in [-0.3, -0.25) is 9.59 Å². The molecule has 0 aliphatic carbocycles. The van der Waals surface area contributed by atoms with Crippen molar-refractivity contribution in [2.75, 3.05) is 12.4 Å². The molecule has 3 aromatic rings. The van der Waals surface area contributed by atoms with Gasteiger partial charge >= 0.3 is 11.8 Å². The summed E-state index contributed by atoms with van der Waals surface area (Å²) in [5.41, 5.74) is 4.21. The average molecular weight is 497 g/mol. The van der Waals surface area contributed by atoms with Crippen molar-refractivity contribution in [3.63, 3.8) is 0 Å². The molecule has 0 atom stereocenters. The first-order chi connectivity index (χ1) is 16.4. The summed E-state index contributed by atoms with van der Waals surface area (Å²) < 4.78 is 11.2. The van der Waals surface area contributed by atoms with Gasteiger partial charge in [0.1, 0.15) is 6.61 Å². The number of hydrazone groups is 1. The van der Waals surface area contributed by atoms with Crippen LogP contribution < -0.4 is 20.2 Å². The number of halogens is 2. The highest BCUT2D eigenvalue weighted by molar-refractivity contribution is 6.39. The molecule has 10 heteroatoms. The number of carbonyl (C=O) groups excluding carboxylic acids is 2. The quantitative estimate of drug-likeness (QED) is 0.283. The van der Waals surface area contributed by atoms with E-state index in [1.54, 1.807) is 36.4 Å². The van der Waals surface area contributed by atoms with Gasteiger partial charge in [-0.2, -0.15) is 10.4 Å². The SMILES string of the molecule is COc1cc(/C=N/NC(=O)C(=O)Nc2ccc(C#N)cc2)ccc1OCc1c(Cl)cccc1Cl. The van der Waals surface area contributed by atoms with E-state index in [0.717, 1.165) is 0 Å². The molecule has 34 heavy (non-hydrogen) atoms. The second-order valence-electron chi connectivity index (χ2n) is 6.74. The Balaban J connectivity index is 1.58. The molecule has 0 radical (unpaired) electrons. The summed E-state index contributed by atoms with van der Waals surface area (Å²) in [5.74, 6) is -0.968. The normalized spacial score (nSPS) is 10.4. The summed E-state index contributed by atoms with van der Waals surface area (Å²) in [5, 5.41) is 16.0. The van der Waals surface area contributed by atoms with Crippen molar-refractivity contribution in [3.8, 4) is 17.6 Å². The zero-order valence-electron chi connectivity index (χ0n) is 17.8. The molecule has 8 nitrogen and oxygen atoms in total. The number of ether oxygens (including phenoxy) is 2. The number of amides is 2. The lowest BCUT2D eigenvalue weighted by atomic mass is 10.2. The van der Waals surface area contributed by atoms with E-state index in [4.69, 9.17) is 37.9 Å². The van der Waals surface area contributed by atoms with Crippen LogP contribution in [0.15, 0.2) is 65.8 Å². The molecule has 0 saturated carbocycles. The van der Waals surface area contributed by atoms with Gasteiger partial charge in [0.2, 0.25) is 0 Å². The van der Waals surface area contributed by atoms with Crippen molar-refractivity contribution in [2.45, 2.75) is 6.61 Å². The molecule has 0 aliphatic rings. The summed E-state index contributed by atoms with van der Waals surface area (Å²) in [4.78, 5) is 23.9. The average Bonchev–Trinajstić information content (AvgIpc) is 2.84. The van der Waals surface area contributed by atoms with Crippen LogP contribution in [0, 0.1) is 11.3 Å². The zero-order chi connectivity index (χ0) is 24.5. The number of nitriles is 1. The molecule has 0 aromatic heterocycles. The minimum absolute atomic E-state index is 0.146. The molecule has 3 aromatic carbocycles. The first-order valence-corrected chi connectivity index (χ1v) is 10.5. The first kappa shape index (κ1) is 24.6. The highest BCUT2D eigenvalue weighted by Crippen LogP contribution is 2.31. The molecule has 0 aliphatic heterocycles. The van der Waals surface area contributed by atoms with Crippen LogP contribution in [0.4, 0.5) is 5.69 Å². The number of carbonyl (C=O) groups is 2. The maximum absolute atomic E-state index is 12.0. The van der Waals surface area contributed by atoms with Crippen LogP contribution in [0.3, 0.4) is 0 Å². The van der Waals surface area contributed by atoms with E-state index < -0.39 is 11.8 Å². The number of hydrogen-bond acceptors (Lipinski definition) is 6. The summed E-state index contributed by atoms with van der Waals surface area (Å²) >= 11 is 12.3. The van der Waals surface area contributed by atoms with E-state index in [-0.39, 0.29) is 6.61 Å². The lowest BCUT2D eigenvalue weighted by Crippen LogP contribution is -2.32. The Kier molecular flexibility index (Phi) is 8.46. The van der Waals surface area contributed by atoms with Gasteiger partial charge in [-0.05, 0) is 60.2 Å². The highest BCUT2D eigenvalue weighted by Gasteiger charge is 2.13. The third kappa shape index (κ3) is 6.48. The lowest BCUT2D eigenvalue weighted by molar-refractivity contribution is -0.136. The molecule has 0 saturated heterocycles. The Bertz CT molecular complexity index is 1250. The van der Waals surface area contributed by atoms with Crippen LogP contribution in [0.1, 0.15) is 16.7 Å². The van der Waals surface area contributed by atoms with Gasteiger partial charge in [0.25, 0.3) is 0 Å². The fourth-order valence-corrected chi connectivity index (χ4v) is 3.24. The molecule has 172 valence electrons. The van der Waals surface area contributed by atoms with Gasteiger partial charge in [0.15, 0.2) is 11.5 Å². The fourth-order valence-electron chi connectivity index (χ4n) is 2.74. The fraction of sp³-hybridized carbons (Fsp3) is 0.0833. The molecular weight excluding hydrogens is 479 g/mol. The Labute approximate surface area is 205 Å². The number of rotatable bonds is 7. The number of benzene rings is 3. The van der Waals surface area contributed by atoms with Gasteiger partial charge in [0.05, 0.1) is 25.0 Å². The van der Waals surface area contributed by atoms with Gasteiger partial charge in [-0.25, -0.2) is 5.43 Å². The molecule has 0 heterocycles. The maximum Gasteiger partial charge on any atom is 0.329 e. The summed E-state index contributed by atoms with van der Waals surface area (Å²) in [6.45, 7) is 0.146. The van der Waals surface area contributed by atoms with Crippen molar-refractivity contribution < 1.29 is 19.1 Å². The van der Waals surface area contributed by atoms with Crippen LogP contribution in [0.2, 0.25) is 10.0 Å². The van der Waals surface area contributed by atoms with E-state index in [0.29, 0.717) is 43.9 Å². The van der Waals surface area contributed by atoms with Gasteiger partial charge < -0.3 is 14.8 Å². The molecule has 0 unspecified atom stereocenters. The van der Waals surface area contributed by atoms with Crippen molar-refractivity contribution in [3.05, 3.63) is 87.4 Å². The molecule has 2 amide bonds. The van der Waals surface area contributed by atoms with Crippen LogP contribution >= 0.6 is 23.2 Å². The standard InChI is InChI=1S/C24H18Cl2N4O4/c1-33-22-11-16(7-10-21(22)34-14-18-19(25)3-2-4-20(18)26)13-28-30-24(32)23(31)29-17-8-5-15(12-27)6-9-17/h2-11,13H,14H2,1H3,(H,29,31)(H,30,32)/b28-13+. The second-order valence-corrected chi connectivity index (χ2v) is 7.56. The maximum atomic E-state index is 12.0. The number of methoxy groups -OCH3 is 1. The number of nitrogens with zero attached hydrogens (tertiary/aromatic N) is 2. The Morgan fingerprint density at radius 2 is 1.74 bits per heavy atom. The third-order valence-corrected chi connectivity index (χ3v) is 5.19. The third-order valence-electron chi connectivity index (χ3n) is 4.48. The second kappa shape index (κ2) is 11.7. The van der Waals surface area contributed by atoms with Crippen LogP contribution in [-0.2, 0) is 16.2 Å². The Morgan fingerprint density at radius 1 is 1.03 bits per heavy atom. The number of anilines is 1. The molecule has 3 rings (SSSR count). The first-order valence-electron chi connectivity index (χ1n) is 9.79. The van der Waals surface area contributed by atoms with Crippen molar-refractivity contribution in [2.24, 2.45) is 5.10 Å². The van der Waals surface area contributed by atoms with Crippen LogP contribution in [-0.4, -0.2) is 25.1 Å². The van der Waals surface area contributed by atoms with E-state index in [2.05, 4.69) is 15.8 Å². The minimum Gasteiger partial charge on any atom is -0.493 e. The largest absolute Gasteiger partial charge is 0.493 e.